The lowest BCUT2D eigenvalue weighted by Gasteiger charge is -2.11. The van der Waals surface area contributed by atoms with Gasteiger partial charge in [0.1, 0.15) is 5.75 Å². The number of rotatable bonds is 6. The van der Waals surface area contributed by atoms with Gasteiger partial charge in [0.2, 0.25) is 0 Å². The van der Waals surface area contributed by atoms with Crippen LogP contribution < -0.4 is 15.4 Å². The molecule has 11 heteroatoms. The molecule has 0 spiro atoms. The number of thioether (sulfide) groups is 1. The summed E-state index contributed by atoms with van der Waals surface area (Å²) in [5, 5.41) is 7.58. The highest BCUT2D eigenvalue weighted by Crippen LogP contribution is 2.32. The van der Waals surface area contributed by atoms with Crippen LogP contribution in [0.2, 0.25) is 20.1 Å². The second kappa shape index (κ2) is 11.4. The lowest BCUT2D eigenvalue weighted by Crippen LogP contribution is -2.20. The normalized spacial score (nSPS) is 15.4. The third-order valence-electron chi connectivity index (χ3n) is 4.53. The van der Waals surface area contributed by atoms with Crippen LogP contribution in [0.4, 0.5) is 11.4 Å². The average molecular weight is 567 g/mol. The molecule has 0 aromatic heterocycles. The van der Waals surface area contributed by atoms with E-state index in [1.807, 2.05) is 0 Å². The highest BCUT2D eigenvalue weighted by Gasteiger charge is 2.24. The Kier molecular flexibility index (Phi) is 8.26. The van der Waals surface area contributed by atoms with E-state index in [1.165, 1.54) is 11.8 Å². The zero-order chi connectivity index (χ0) is 24.9. The first-order valence-electron chi connectivity index (χ1n) is 9.99. The molecule has 1 saturated heterocycles. The number of hydrogen-bond acceptors (Lipinski definition) is 5. The summed E-state index contributed by atoms with van der Waals surface area (Å²) >= 11 is 25.1. The van der Waals surface area contributed by atoms with Crippen LogP contribution in [-0.4, -0.2) is 23.6 Å². The van der Waals surface area contributed by atoms with Crippen molar-refractivity contribution in [1.29, 1.82) is 0 Å². The van der Waals surface area contributed by atoms with E-state index >= 15 is 0 Å². The molecular weight excluding hydrogens is 552 g/mol. The van der Waals surface area contributed by atoms with E-state index < -0.39 is 5.91 Å². The molecule has 2 amide bonds. The summed E-state index contributed by atoms with van der Waals surface area (Å²) in [6.45, 7) is -0.277. The Bertz CT molecular complexity index is 1360. The van der Waals surface area contributed by atoms with Gasteiger partial charge >= 0.3 is 0 Å². The second-order valence-corrected chi connectivity index (χ2v) is 9.82. The molecule has 3 aromatic rings. The number of nitrogens with zero attached hydrogens (tertiary/aromatic N) is 1. The molecule has 178 valence electrons. The van der Waals surface area contributed by atoms with Crippen LogP contribution in [0.25, 0.3) is 6.08 Å². The minimum Gasteiger partial charge on any atom is -0.483 e. The first kappa shape index (κ1) is 25.4. The smallest absolute Gasteiger partial charge is 0.264 e. The SMILES string of the molecule is O=C(COc1ccc(Cl)cc1/C=C1/SC(=Nc2ccc(Cl)cc2)NC1=O)Nc1ccc(Cl)c(Cl)c1. The Morgan fingerprint density at radius 1 is 0.971 bits per heavy atom. The van der Waals surface area contributed by atoms with Crippen molar-refractivity contribution in [2.75, 3.05) is 11.9 Å². The van der Waals surface area contributed by atoms with E-state index in [0.29, 0.717) is 52.9 Å². The number of amides is 2. The molecule has 6 nitrogen and oxygen atoms in total. The van der Waals surface area contributed by atoms with Gasteiger partial charge in [0.15, 0.2) is 11.8 Å². The van der Waals surface area contributed by atoms with Crippen LogP contribution in [0.1, 0.15) is 5.56 Å². The van der Waals surface area contributed by atoms with E-state index in [4.69, 9.17) is 51.1 Å². The van der Waals surface area contributed by atoms with Crippen molar-refractivity contribution < 1.29 is 14.3 Å². The first-order chi connectivity index (χ1) is 16.8. The Labute approximate surface area is 225 Å². The molecule has 0 saturated carbocycles. The predicted molar refractivity (Wildman–Crippen MR) is 144 cm³/mol. The van der Waals surface area contributed by atoms with Gasteiger partial charge in [0.05, 0.1) is 20.6 Å². The quantitative estimate of drug-likeness (QED) is 0.309. The van der Waals surface area contributed by atoms with Crippen molar-refractivity contribution in [3.63, 3.8) is 0 Å². The van der Waals surface area contributed by atoms with E-state index in [2.05, 4.69) is 15.6 Å². The molecule has 0 unspecified atom stereocenters. The fourth-order valence-corrected chi connectivity index (χ4v) is 4.37. The van der Waals surface area contributed by atoms with Crippen molar-refractivity contribution in [1.82, 2.24) is 5.32 Å². The Hall–Kier alpha value is -2.68. The molecule has 3 aromatic carbocycles. The molecule has 0 bridgehead atoms. The van der Waals surface area contributed by atoms with Crippen LogP contribution in [0.5, 0.6) is 5.75 Å². The molecule has 1 heterocycles. The summed E-state index contributed by atoms with van der Waals surface area (Å²) in [4.78, 5) is 29.6. The van der Waals surface area contributed by atoms with Crippen molar-refractivity contribution in [3.8, 4) is 5.75 Å². The molecule has 1 aliphatic rings. The van der Waals surface area contributed by atoms with Gasteiger partial charge in [0, 0.05) is 21.3 Å². The summed E-state index contributed by atoms with van der Waals surface area (Å²) < 4.78 is 5.70. The number of carbonyl (C=O) groups is 2. The van der Waals surface area contributed by atoms with Crippen LogP contribution in [0.3, 0.4) is 0 Å². The topological polar surface area (TPSA) is 79.8 Å². The maximum absolute atomic E-state index is 12.5. The van der Waals surface area contributed by atoms with E-state index in [0.717, 1.165) is 0 Å². The Morgan fingerprint density at radius 3 is 2.46 bits per heavy atom. The summed E-state index contributed by atoms with van der Waals surface area (Å²) in [7, 11) is 0. The third-order valence-corrected chi connectivity index (χ3v) is 6.66. The van der Waals surface area contributed by atoms with Gasteiger partial charge in [-0.25, -0.2) is 4.99 Å². The molecule has 2 N–H and O–H groups in total. The average Bonchev–Trinajstić information content (AvgIpc) is 3.15. The number of nitrogens with one attached hydrogen (secondary N) is 2. The highest BCUT2D eigenvalue weighted by molar-refractivity contribution is 8.18. The lowest BCUT2D eigenvalue weighted by molar-refractivity contribution is -0.118. The van der Waals surface area contributed by atoms with Gasteiger partial charge in [-0.2, -0.15) is 0 Å². The van der Waals surface area contributed by atoms with E-state index in [1.54, 1.807) is 66.7 Å². The standard InChI is InChI=1S/C24H15Cl4N3O3S/c25-14-1-4-16(5-2-14)30-24-31-23(33)21(35-24)10-13-9-15(26)3-8-20(13)34-12-22(32)29-17-6-7-18(27)19(28)11-17/h1-11H,12H2,(H,29,32)(H,30,31,33)/b21-10+. The second-order valence-electron chi connectivity index (χ2n) is 7.11. The summed E-state index contributed by atoms with van der Waals surface area (Å²) in [6, 6.07) is 16.6. The predicted octanol–water partition coefficient (Wildman–Crippen LogP) is 7.21. The van der Waals surface area contributed by atoms with Crippen molar-refractivity contribution in [3.05, 3.63) is 91.2 Å². The number of hydrogen-bond donors (Lipinski definition) is 2. The molecule has 0 aliphatic carbocycles. The summed E-state index contributed by atoms with van der Waals surface area (Å²) in [5.74, 6) is -0.337. The summed E-state index contributed by atoms with van der Waals surface area (Å²) in [5.41, 5.74) is 1.67. The first-order valence-corrected chi connectivity index (χ1v) is 12.3. The highest BCUT2D eigenvalue weighted by atomic mass is 35.5. The van der Waals surface area contributed by atoms with Crippen LogP contribution in [0.15, 0.2) is 70.6 Å². The van der Waals surface area contributed by atoms with E-state index in [-0.39, 0.29) is 12.5 Å². The van der Waals surface area contributed by atoms with E-state index in [9.17, 15) is 9.59 Å². The number of carbonyl (C=O) groups excluding carboxylic acids is 2. The molecule has 0 atom stereocenters. The zero-order valence-electron chi connectivity index (χ0n) is 17.7. The Balaban J connectivity index is 1.47. The van der Waals surface area contributed by atoms with Crippen LogP contribution in [0, 0.1) is 0 Å². The fourth-order valence-electron chi connectivity index (χ4n) is 2.93. The summed E-state index contributed by atoms with van der Waals surface area (Å²) in [6.07, 6.45) is 1.63. The molecule has 4 rings (SSSR count). The minimum absolute atomic E-state index is 0.277. The fraction of sp³-hybridized carbons (Fsp3) is 0.0417. The van der Waals surface area contributed by atoms with Gasteiger partial charge in [0.25, 0.3) is 11.8 Å². The van der Waals surface area contributed by atoms with Gasteiger partial charge in [-0.3, -0.25) is 9.59 Å². The van der Waals surface area contributed by atoms with Crippen molar-refractivity contribution in [2.24, 2.45) is 4.99 Å². The molecule has 35 heavy (non-hydrogen) atoms. The third kappa shape index (κ3) is 6.93. The van der Waals surface area contributed by atoms with Gasteiger partial charge in [-0.05, 0) is 78.5 Å². The maximum atomic E-state index is 12.5. The van der Waals surface area contributed by atoms with Gasteiger partial charge < -0.3 is 15.4 Å². The number of aliphatic imine (C=N–C) groups is 1. The molecule has 0 radical (unpaired) electrons. The maximum Gasteiger partial charge on any atom is 0.264 e. The number of amidine groups is 1. The van der Waals surface area contributed by atoms with Crippen LogP contribution >= 0.6 is 58.2 Å². The monoisotopic (exact) mass is 565 g/mol. The number of anilines is 1. The van der Waals surface area contributed by atoms with Crippen LogP contribution in [-0.2, 0) is 9.59 Å². The molecule has 1 aliphatic heterocycles. The lowest BCUT2D eigenvalue weighted by atomic mass is 10.2. The zero-order valence-corrected chi connectivity index (χ0v) is 21.5. The largest absolute Gasteiger partial charge is 0.483 e. The Morgan fingerprint density at radius 2 is 1.71 bits per heavy atom. The molecular formula is C24H15Cl4N3O3S. The van der Waals surface area contributed by atoms with Crippen molar-refractivity contribution in [2.45, 2.75) is 0 Å². The van der Waals surface area contributed by atoms with Gasteiger partial charge in [-0.15, -0.1) is 0 Å². The van der Waals surface area contributed by atoms with Crippen molar-refractivity contribution >= 4 is 92.6 Å². The molecule has 1 fully saturated rings. The number of halogens is 4. The number of ether oxygens (including phenoxy) is 1. The number of benzene rings is 3. The minimum atomic E-state index is -0.401. The van der Waals surface area contributed by atoms with Gasteiger partial charge in [-0.1, -0.05) is 46.4 Å².